The Balaban J connectivity index is 2.27. The molecule has 2 N–H and O–H groups in total. The van der Waals surface area contributed by atoms with Crippen LogP contribution in [0.3, 0.4) is 0 Å². The highest BCUT2D eigenvalue weighted by Gasteiger charge is 2.13. The first kappa shape index (κ1) is 15.1. The number of amides is 1. The molecule has 2 rings (SSSR count). The van der Waals surface area contributed by atoms with Crippen LogP contribution in [-0.4, -0.2) is 11.9 Å². The molecule has 0 saturated heterocycles. The number of hydrogen-bond acceptors (Lipinski definition) is 2. The van der Waals surface area contributed by atoms with Crippen molar-refractivity contribution in [3.8, 4) is 0 Å². The largest absolute Gasteiger partial charge is 0.382 e. The van der Waals surface area contributed by atoms with Crippen molar-refractivity contribution in [3.05, 3.63) is 59.2 Å². The third-order valence-electron chi connectivity index (χ3n) is 3.47. The standard InChI is InChI=1S/C18H22N2O/c1-12(2)19-17-10-6-5-9-15(17)18(21)20-16-11-7-8-13(3)14(16)4/h5-12,19H,1-4H3,(H,20,21). The fraction of sp³-hybridized carbons (Fsp3) is 0.278. The predicted molar refractivity (Wildman–Crippen MR) is 89.1 cm³/mol. The van der Waals surface area contributed by atoms with Gasteiger partial charge in [-0.15, -0.1) is 0 Å². The normalized spacial score (nSPS) is 10.5. The molecule has 1 amide bonds. The van der Waals surface area contributed by atoms with Gasteiger partial charge in [0.05, 0.1) is 5.56 Å². The lowest BCUT2D eigenvalue weighted by Gasteiger charge is -2.15. The highest BCUT2D eigenvalue weighted by molar-refractivity contribution is 6.08. The molecule has 0 bridgehead atoms. The van der Waals surface area contributed by atoms with E-state index in [2.05, 4.69) is 24.5 Å². The summed E-state index contributed by atoms with van der Waals surface area (Å²) < 4.78 is 0. The maximum atomic E-state index is 12.5. The zero-order chi connectivity index (χ0) is 15.4. The Bertz CT molecular complexity index is 647. The Morgan fingerprint density at radius 1 is 0.952 bits per heavy atom. The van der Waals surface area contributed by atoms with Gasteiger partial charge in [0.25, 0.3) is 5.91 Å². The minimum atomic E-state index is -0.0903. The van der Waals surface area contributed by atoms with Crippen LogP contribution in [0.1, 0.15) is 35.3 Å². The number of carbonyl (C=O) groups excluding carboxylic acids is 1. The number of hydrogen-bond donors (Lipinski definition) is 2. The number of rotatable bonds is 4. The predicted octanol–water partition coefficient (Wildman–Crippen LogP) is 4.38. The summed E-state index contributed by atoms with van der Waals surface area (Å²) in [5.74, 6) is -0.0903. The van der Waals surface area contributed by atoms with Crippen LogP contribution < -0.4 is 10.6 Å². The number of anilines is 2. The molecule has 0 saturated carbocycles. The smallest absolute Gasteiger partial charge is 0.257 e. The van der Waals surface area contributed by atoms with Crippen LogP contribution in [0.4, 0.5) is 11.4 Å². The molecular weight excluding hydrogens is 260 g/mol. The van der Waals surface area contributed by atoms with E-state index in [1.807, 2.05) is 56.3 Å². The first-order valence-electron chi connectivity index (χ1n) is 7.22. The Labute approximate surface area is 126 Å². The summed E-state index contributed by atoms with van der Waals surface area (Å²) >= 11 is 0. The van der Waals surface area contributed by atoms with Gasteiger partial charge < -0.3 is 10.6 Å². The molecule has 2 aromatic carbocycles. The van der Waals surface area contributed by atoms with Crippen LogP contribution in [-0.2, 0) is 0 Å². The minimum Gasteiger partial charge on any atom is -0.382 e. The van der Waals surface area contributed by atoms with Gasteiger partial charge in [0, 0.05) is 17.4 Å². The molecule has 0 atom stereocenters. The van der Waals surface area contributed by atoms with Crippen molar-refractivity contribution in [2.75, 3.05) is 10.6 Å². The molecule has 0 radical (unpaired) electrons. The Hall–Kier alpha value is -2.29. The zero-order valence-corrected chi connectivity index (χ0v) is 13.0. The van der Waals surface area contributed by atoms with Crippen molar-refractivity contribution in [1.29, 1.82) is 0 Å². The SMILES string of the molecule is Cc1cccc(NC(=O)c2ccccc2NC(C)C)c1C. The van der Waals surface area contributed by atoms with Crippen molar-refractivity contribution < 1.29 is 4.79 Å². The van der Waals surface area contributed by atoms with Gasteiger partial charge in [-0.25, -0.2) is 0 Å². The van der Waals surface area contributed by atoms with E-state index in [0.717, 1.165) is 16.9 Å². The van der Waals surface area contributed by atoms with Crippen LogP contribution in [0.5, 0.6) is 0 Å². The van der Waals surface area contributed by atoms with Crippen LogP contribution in [0, 0.1) is 13.8 Å². The summed E-state index contributed by atoms with van der Waals surface area (Å²) in [5.41, 5.74) is 4.64. The molecule has 3 nitrogen and oxygen atoms in total. The average molecular weight is 282 g/mol. The van der Waals surface area contributed by atoms with Gasteiger partial charge in [-0.05, 0) is 57.0 Å². The number of para-hydroxylation sites is 1. The summed E-state index contributed by atoms with van der Waals surface area (Å²) in [7, 11) is 0. The van der Waals surface area contributed by atoms with Gasteiger partial charge in [0.2, 0.25) is 0 Å². The Kier molecular flexibility index (Phi) is 4.63. The summed E-state index contributed by atoms with van der Waals surface area (Å²) in [6, 6.07) is 13.8. The van der Waals surface area contributed by atoms with Crippen molar-refractivity contribution in [3.63, 3.8) is 0 Å². The molecule has 2 aromatic rings. The molecular formula is C18H22N2O. The molecule has 0 fully saturated rings. The first-order valence-corrected chi connectivity index (χ1v) is 7.22. The molecule has 21 heavy (non-hydrogen) atoms. The quantitative estimate of drug-likeness (QED) is 0.874. The first-order chi connectivity index (χ1) is 9.99. The van der Waals surface area contributed by atoms with Crippen molar-refractivity contribution >= 4 is 17.3 Å². The molecule has 0 heterocycles. The van der Waals surface area contributed by atoms with E-state index < -0.39 is 0 Å². The van der Waals surface area contributed by atoms with Gasteiger partial charge in [0.1, 0.15) is 0 Å². The minimum absolute atomic E-state index is 0.0903. The summed E-state index contributed by atoms with van der Waals surface area (Å²) in [5, 5.41) is 6.31. The van der Waals surface area contributed by atoms with Crippen molar-refractivity contribution in [1.82, 2.24) is 0 Å². The van der Waals surface area contributed by atoms with E-state index in [1.54, 1.807) is 0 Å². The Morgan fingerprint density at radius 3 is 2.33 bits per heavy atom. The van der Waals surface area contributed by atoms with E-state index in [0.29, 0.717) is 5.56 Å². The zero-order valence-electron chi connectivity index (χ0n) is 13.0. The van der Waals surface area contributed by atoms with Gasteiger partial charge in [0.15, 0.2) is 0 Å². The fourth-order valence-corrected chi connectivity index (χ4v) is 2.19. The molecule has 0 spiro atoms. The van der Waals surface area contributed by atoms with Gasteiger partial charge in [-0.1, -0.05) is 24.3 Å². The number of benzene rings is 2. The van der Waals surface area contributed by atoms with E-state index in [1.165, 1.54) is 5.56 Å². The summed E-state index contributed by atoms with van der Waals surface area (Å²) in [6.07, 6.45) is 0. The fourth-order valence-electron chi connectivity index (χ4n) is 2.19. The van der Waals surface area contributed by atoms with Gasteiger partial charge in [-0.2, -0.15) is 0 Å². The average Bonchev–Trinajstić information content (AvgIpc) is 2.44. The summed E-state index contributed by atoms with van der Waals surface area (Å²) in [6.45, 7) is 8.17. The number of aryl methyl sites for hydroxylation is 1. The lowest BCUT2D eigenvalue weighted by atomic mass is 10.1. The lowest BCUT2D eigenvalue weighted by Crippen LogP contribution is -2.18. The van der Waals surface area contributed by atoms with Crippen molar-refractivity contribution in [2.45, 2.75) is 33.7 Å². The van der Waals surface area contributed by atoms with Gasteiger partial charge in [-0.3, -0.25) is 4.79 Å². The molecule has 0 aliphatic carbocycles. The molecule has 110 valence electrons. The third kappa shape index (κ3) is 3.63. The van der Waals surface area contributed by atoms with Crippen LogP contribution in [0.25, 0.3) is 0 Å². The maximum absolute atomic E-state index is 12.5. The van der Waals surface area contributed by atoms with E-state index >= 15 is 0 Å². The lowest BCUT2D eigenvalue weighted by molar-refractivity contribution is 0.102. The van der Waals surface area contributed by atoms with Gasteiger partial charge >= 0.3 is 0 Å². The van der Waals surface area contributed by atoms with E-state index in [9.17, 15) is 4.79 Å². The second kappa shape index (κ2) is 6.44. The van der Waals surface area contributed by atoms with Crippen LogP contribution in [0.15, 0.2) is 42.5 Å². The number of carbonyl (C=O) groups is 1. The summed E-state index contributed by atoms with van der Waals surface area (Å²) in [4.78, 5) is 12.5. The second-order valence-corrected chi connectivity index (χ2v) is 5.55. The van der Waals surface area contributed by atoms with Crippen LogP contribution in [0.2, 0.25) is 0 Å². The van der Waals surface area contributed by atoms with Crippen LogP contribution >= 0.6 is 0 Å². The van der Waals surface area contributed by atoms with E-state index in [4.69, 9.17) is 0 Å². The maximum Gasteiger partial charge on any atom is 0.257 e. The molecule has 0 aliphatic heterocycles. The Morgan fingerprint density at radius 2 is 1.62 bits per heavy atom. The van der Waals surface area contributed by atoms with E-state index in [-0.39, 0.29) is 11.9 Å². The number of nitrogens with one attached hydrogen (secondary N) is 2. The molecule has 3 heteroatoms. The molecule has 0 unspecified atom stereocenters. The second-order valence-electron chi connectivity index (χ2n) is 5.55. The molecule has 0 aromatic heterocycles. The topological polar surface area (TPSA) is 41.1 Å². The monoisotopic (exact) mass is 282 g/mol. The third-order valence-corrected chi connectivity index (χ3v) is 3.47. The highest BCUT2D eigenvalue weighted by atomic mass is 16.1. The highest BCUT2D eigenvalue weighted by Crippen LogP contribution is 2.21. The molecule has 0 aliphatic rings. The van der Waals surface area contributed by atoms with Crippen molar-refractivity contribution in [2.24, 2.45) is 0 Å².